The van der Waals surface area contributed by atoms with Gasteiger partial charge in [0, 0.05) is 14.1 Å². The molecule has 0 amide bonds. The first-order chi connectivity index (χ1) is 9.65. The number of nitrogens with zero attached hydrogens (tertiary/aromatic N) is 2. The average molecular weight is 397 g/mol. The maximum Gasteiger partial charge on any atom is 0.240 e. The molecule has 1 aromatic carbocycles. The highest BCUT2D eigenvalue weighted by Crippen LogP contribution is 2.31. The van der Waals surface area contributed by atoms with Crippen molar-refractivity contribution in [3.8, 4) is 0 Å². The molecular formula is C13H12IN5S. The topological polar surface area (TPSA) is 75.9 Å². The highest BCUT2D eigenvalue weighted by Gasteiger charge is 2.10. The summed E-state index contributed by atoms with van der Waals surface area (Å²) in [7, 11) is 0. The Morgan fingerprint density at radius 2 is 1.95 bits per heavy atom. The van der Waals surface area contributed by atoms with Crippen LogP contribution in [0.2, 0.25) is 0 Å². The Morgan fingerprint density at radius 3 is 2.65 bits per heavy atom. The van der Waals surface area contributed by atoms with Crippen molar-refractivity contribution in [3.63, 3.8) is 0 Å². The fraction of sp³-hybridized carbons (Fsp3) is 0.0769. The third-order valence-electron chi connectivity index (χ3n) is 2.75. The van der Waals surface area contributed by atoms with Crippen molar-refractivity contribution in [2.75, 3.05) is 10.7 Å². The second kappa shape index (κ2) is 5.51. The van der Waals surface area contributed by atoms with E-state index in [2.05, 4.69) is 56.3 Å². The molecule has 0 bridgehead atoms. The zero-order chi connectivity index (χ0) is 14.1. The number of rotatable bonds is 3. The second-order valence-corrected chi connectivity index (χ2v) is 6.73. The lowest BCUT2D eigenvalue weighted by molar-refractivity contribution is 1.16. The van der Waals surface area contributed by atoms with Gasteiger partial charge in [0.15, 0.2) is 0 Å². The summed E-state index contributed by atoms with van der Waals surface area (Å²) in [5.74, 6) is 6.60. The van der Waals surface area contributed by atoms with E-state index in [1.807, 2.05) is 24.3 Å². The summed E-state index contributed by atoms with van der Waals surface area (Å²) in [6.07, 6.45) is 0. The molecule has 2 aromatic heterocycles. The minimum Gasteiger partial charge on any atom is -0.340 e. The number of anilines is 3. The highest BCUT2D eigenvalue weighted by molar-refractivity contribution is 14.1. The highest BCUT2D eigenvalue weighted by atomic mass is 127. The Hall–Kier alpha value is -1.45. The van der Waals surface area contributed by atoms with E-state index in [0.717, 1.165) is 21.7 Å². The number of fused-ring (bicyclic) bond motifs is 1. The van der Waals surface area contributed by atoms with Gasteiger partial charge in [0.25, 0.3) is 0 Å². The van der Waals surface area contributed by atoms with Crippen LogP contribution in [0.4, 0.5) is 17.5 Å². The zero-order valence-corrected chi connectivity index (χ0v) is 13.6. The van der Waals surface area contributed by atoms with Crippen LogP contribution >= 0.6 is 33.9 Å². The molecule has 0 unspecified atom stereocenters. The van der Waals surface area contributed by atoms with Crippen molar-refractivity contribution in [2.24, 2.45) is 5.84 Å². The van der Waals surface area contributed by atoms with Gasteiger partial charge in [-0.25, -0.2) is 10.8 Å². The quantitative estimate of drug-likeness (QED) is 0.358. The fourth-order valence-corrected chi connectivity index (χ4v) is 3.11. The molecule has 7 heteroatoms. The van der Waals surface area contributed by atoms with Crippen LogP contribution in [0.3, 0.4) is 0 Å². The summed E-state index contributed by atoms with van der Waals surface area (Å²) in [4.78, 5) is 10.9. The van der Waals surface area contributed by atoms with E-state index in [1.165, 1.54) is 8.45 Å². The molecule has 5 nitrogen and oxygen atoms in total. The molecule has 0 aliphatic carbocycles. The number of halogens is 1. The average Bonchev–Trinajstić information content (AvgIpc) is 2.81. The second-order valence-electron chi connectivity index (χ2n) is 4.25. The predicted molar refractivity (Wildman–Crippen MR) is 92.4 cm³/mol. The first-order valence-corrected chi connectivity index (χ1v) is 7.82. The van der Waals surface area contributed by atoms with Gasteiger partial charge >= 0.3 is 0 Å². The molecule has 102 valence electrons. The Balaban J connectivity index is 2.06. The smallest absolute Gasteiger partial charge is 0.240 e. The number of hydrazine groups is 1. The number of nitrogens with two attached hydrogens (primary N) is 1. The number of aromatic nitrogens is 2. The van der Waals surface area contributed by atoms with E-state index >= 15 is 0 Å². The van der Waals surface area contributed by atoms with E-state index in [-0.39, 0.29) is 0 Å². The van der Waals surface area contributed by atoms with Crippen LogP contribution in [0, 0.1) is 10.5 Å². The van der Waals surface area contributed by atoms with Crippen LogP contribution < -0.4 is 16.6 Å². The van der Waals surface area contributed by atoms with Crippen LogP contribution in [0.15, 0.2) is 30.3 Å². The molecule has 3 aromatic rings. The van der Waals surface area contributed by atoms with Gasteiger partial charge in [0.05, 0.1) is 5.39 Å². The lowest BCUT2D eigenvalue weighted by atomic mass is 10.3. The Bertz CT molecular complexity index is 753. The molecule has 0 atom stereocenters. The monoisotopic (exact) mass is 397 g/mol. The lowest BCUT2D eigenvalue weighted by Gasteiger charge is -2.08. The fourth-order valence-electron chi connectivity index (χ4n) is 1.87. The summed E-state index contributed by atoms with van der Waals surface area (Å²) < 4.78 is 1.19. The minimum atomic E-state index is 0.410. The molecular weight excluding hydrogens is 385 g/mol. The van der Waals surface area contributed by atoms with Crippen molar-refractivity contribution in [3.05, 3.63) is 38.8 Å². The summed E-state index contributed by atoms with van der Waals surface area (Å²) >= 11 is 3.90. The molecule has 20 heavy (non-hydrogen) atoms. The normalized spacial score (nSPS) is 10.8. The van der Waals surface area contributed by atoms with Crippen molar-refractivity contribution in [1.29, 1.82) is 0 Å². The first-order valence-electron chi connectivity index (χ1n) is 5.93. The molecule has 0 spiro atoms. The standard InChI is InChI=1S/C13H12IN5S/c1-7-6-10-11(16-9-4-2-8(14)3-5-9)17-13(19-15)18-12(10)20-7/h2-6H,15H2,1H3,(H2,16,17,18,19). The molecule has 0 radical (unpaired) electrons. The maximum absolute atomic E-state index is 5.43. The van der Waals surface area contributed by atoms with Crippen LogP contribution in [-0.4, -0.2) is 9.97 Å². The van der Waals surface area contributed by atoms with Gasteiger partial charge in [-0.1, -0.05) is 0 Å². The van der Waals surface area contributed by atoms with Gasteiger partial charge in [-0.15, -0.1) is 11.3 Å². The molecule has 0 aliphatic rings. The summed E-state index contributed by atoms with van der Waals surface area (Å²) in [6, 6.07) is 10.2. The largest absolute Gasteiger partial charge is 0.340 e. The zero-order valence-electron chi connectivity index (χ0n) is 10.6. The van der Waals surface area contributed by atoms with Gasteiger partial charge < -0.3 is 5.32 Å². The molecule has 0 saturated carbocycles. The van der Waals surface area contributed by atoms with Crippen molar-refractivity contribution >= 4 is 61.6 Å². The van der Waals surface area contributed by atoms with Crippen molar-refractivity contribution < 1.29 is 0 Å². The number of aryl methyl sites for hydroxylation is 1. The van der Waals surface area contributed by atoms with E-state index < -0.39 is 0 Å². The minimum absolute atomic E-state index is 0.410. The van der Waals surface area contributed by atoms with Crippen LogP contribution in [-0.2, 0) is 0 Å². The number of hydrogen-bond donors (Lipinski definition) is 3. The van der Waals surface area contributed by atoms with E-state index in [0.29, 0.717) is 5.95 Å². The summed E-state index contributed by atoms with van der Waals surface area (Å²) in [5, 5.41) is 4.32. The van der Waals surface area contributed by atoms with E-state index in [1.54, 1.807) is 11.3 Å². The number of nitrogens with one attached hydrogen (secondary N) is 2. The third kappa shape index (κ3) is 2.69. The lowest BCUT2D eigenvalue weighted by Crippen LogP contribution is -2.11. The molecule has 0 fully saturated rings. The van der Waals surface area contributed by atoms with Crippen molar-refractivity contribution in [2.45, 2.75) is 6.92 Å². The van der Waals surface area contributed by atoms with Gasteiger partial charge in [0.1, 0.15) is 10.6 Å². The Labute approximate surface area is 133 Å². The summed E-state index contributed by atoms with van der Waals surface area (Å²) in [6.45, 7) is 2.05. The van der Waals surface area contributed by atoms with E-state index in [4.69, 9.17) is 5.84 Å². The van der Waals surface area contributed by atoms with Gasteiger partial charge in [-0.05, 0) is 59.8 Å². The van der Waals surface area contributed by atoms with Crippen molar-refractivity contribution in [1.82, 2.24) is 9.97 Å². The number of benzene rings is 1. The summed E-state index contributed by atoms with van der Waals surface area (Å²) in [5.41, 5.74) is 3.49. The SMILES string of the molecule is Cc1cc2c(Nc3ccc(I)cc3)nc(NN)nc2s1. The van der Waals surface area contributed by atoms with Crippen LogP contribution in [0.25, 0.3) is 10.2 Å². The van der Waals surface area contributed by atoms with Gasteiger partial charge in [-0.3, -0.25) is 5.43 Å². The Morgan fingerprint density at radius 1 is 1.20 bits per heavy atom. The molecule has 2 heterocycles. The maximum atomic E-state index is 5.43. The van der Waals surface area contributed by atoms with E-state index in [9.17, 15) is 0 Å². The first kappa shape index (κ1) is 13.5. The molecule has 3 rings (SSSR count). The molecule has 0 saturated heterocycles. The van der Waals surface area contributed by atoms with Gasteiger partial charge in [-0.2, -0.15) is 4.98 Å². The number of thiophene rings is 1. The van der Waals surface area contributed by atoms with Gasteiger partial charge in [0.2, 0.25) is 5.95 Å². The number of nitrogen functional groups attached to an aromatic ring is 1. The van der Waals surface area contributed by atoms with Crippen LogP contribution in [0.5, 0.6) is 0 Å². The molecule has 0 aliphatic heterocycles. The third-order valence-corrected chi connectivity index (χ3v) is 4.42. The molecule has 4 N–H and O–H groups in total. The Kier molecular flexibility index (Phi) is 3.72. The van der Waals surface area contributed by atoms with Crippen LogP contribution in [0.1, 0.15) is 4.88 Å². The predicted octanol–water partition coefficient (Wildman–Crippen LogP) is 3.63. The number of hydrogen-bond acceptors (Lipinski definition) is 6.